The number of amides is 1. The van der Waals surface area contributed by atoms with Crippen molar-refractivity contribution in [3.05, 3.63) is 71.3 Å². The number of halogens is 1. The third-order valence-corrected chi connectivity index (χ3v) is 4.02. The first-order valence-electron chi connectivity index (χ1n) is 7.83. The van der Waals surface area contributed by atoms with E-state index in [4.69, 9.17) is 11.6 Å². The van der Waals surface area contributed by atoms with E-state index in [1.54, 1.807) is 10.9 Å². The van der Waals surface area contributed by atoms with E-state index in [9.17, 15) is 4.79 Å². The van der Waals surface area contributed by atoms with Crippen LogP contribution in [-0.4, -0.2) is 31.1 Å². The lowest BCUT2D eigenvalue weighted by atomic mass is 9.95. The highest BCUT2D eigenvalue weighted by atomic mass is 35.5. The molecule has 1 atom stereocenters. The molecule has 3 aromatic rings. The summed E-state index contributed by atoms with van der Waals surface area (Å²) in [5.41, 5.74) is 1.83. The van der Waals surface area contributed by atoms with Crippen molar-refractivity contribution in [3.8, 4) is 0 Å². The van der Waals surface area contributed by atoms with Crippen LogP contribution in [0.25, 0.3) is 0 Å². The second kappa shape index (κ2) is 8.34. The van der Waals surface area contributed by atoms with Crippen LogP contribution in [0.2, 0.25) is 5.02 Å². The zero-order chi connectivity index (χ0) is 17.5. The molecule has 1 amide bonds. The Balaban J connectivity index is 1.66. The number of nitrogens with zero attached hydrogens (tertiary/aromatic N) is 5. The number of carbonyl (C=O) groups excluding carboxylic acids is 1. The van der Waals surface area contributed by atoms with E-state index in [2.05, 4.69) is 25.8 Å². The van der Waals surface area contributed by atoms with Gasteiger partial charge in [0, 0.05) is 23.6 Å². The van der Waals surface area contributed by atoms with E-state index in [1.165, 1.54) is 6.33 Å². The van der Waals surface area contributed by atoms with Crippen LogP contribution in [0.4, 0.5) is 0 Å². The molecule has 1 N–H and O–H groups in total. The summed E-state index contributed by atoms with van der Waals surface area (Å²) in [6.45, 7) is 0.906. The number of rotatable bonds is 7. The molecule has 0 bridgehead atoms. The Morgan fingerprint density at radius 1 is 1.20 bits per heavy atom. The van der Waals surface area contributed by atoms with Gasteiger partial charge < -0.3 is 5.32 Å². The van der Waals surface area contributed by atoms with Gasteiger partial charge in [-0.1, -0.05) is 29.8 Å². The number of aromatic nitrogens is 5. The van der Waals surface area contributed by atoms with Crippen molar-refractivity contribution < 1.29 is 4.79 Å². The third kappa shape index (κ3) is 5.09. The average molecular weight is 357 g/mol. The quantitative estimate of drug-likeness (QED) is 0.701. The minimum absolute atomic E-state index is 0.0568. The van der Waals surface area contributed by atoms with Gasteiger partial charge in [0.2, 0.25) is 5.91 Å². The van der Waals surface area contributed by atoms with Crippen LogP contribution in [0, 0.1) is 0 Å². The van der Waals surface area contributed by atoms with Crippen molar-refractivity contribution in [2.75, 3.05) is 0 Å². The lowest BCUT2D eigenvalue weighted by molar-refractivity contribution is -0.121. The normalized spacial score (nSPS) is 11.9. The molecule has 0 radical (unpaired) electrons. The Hall–Kier alpha value is -2.80. The molecule has 7 nitrogen and oxygen atoms in total. The Morgan fingerprint density at radius 3 is 2.72 bits per heavy atom. The van der Waals surface area contributed by atoms with Gasteiger partial charge in [-0.2, -0.15) is 0 Å². The van der Waals surface area contributed by atoms with Crippen LogP contribution in [0.5, 0.6) is 0 Å². The Morgan fingerprint density at radius 2 is 2.04 bits per heavy atom. The van der Waals surface area contributed by atoms with Crippen molar-refractivity contribution in [2.45, 2.75) is 25.4 Å². The molecule has 0 saturated heterocycles. The van der Waals surface area contributed by atoms with Crippen molar-refractivity contribution in [3.63, 3.8) is 0 Å². The van der Waals surface area contributed by atoms with E-state index in [0.717, 1.165) is 11.3 Å². The van der Waals surface area contributed by atoms with Gasteiger partial charge in [0.25, 0.3) is 0 Å². The highest BCUT2D eigenvalue weighted by Gasteiger charge is 2.17. The summed E-state index contributed by atoms with van der Waals surface area (Å²) in [5.74, 6) is -0.122. The molecule has 25 heavy (non-hydrogen) atoms. The fourth-order valence-electron chi connectivity index (χ4n) is 2.50. The predicted octanol–water partition coefficient (Wildman–Crippen LogP) is 2.21. The Labute approximate surface area is 150 Å². The molecule has 0 spiro atoms. The van der Waals surface area contributed by atoms with Crippen molar-refractivity contribution >= 4 is 17.5 Å². The molecule has 0 unspecified atom stereocenters. The molecule has 2 aromatic heterocycles. The molecule has 0 aliphatic heterocycles. The summed E-state index contributed by atoms with van der Waals surface area (Å²) in [6.07, 6.45) is 3.55. The van der Waals surface area contributed by atoms with E-state index in [1.807, 2.05) is 42.5 Å². The highest BCUT2D eigenvalue weighted by molar-refractivity contribution is 6.30. The van der Waals surface area contributed by atoms with Crippen molar-refractivity contribution in [1.29, 1.82) is 0 Å². The molecule has 0 aliphatic carbocycles. The second-order valence-corrected chi connectivity index (χ2v) is 6.02. The maximum Gasteiger partial charge on any atom is 0.221 e. The Bertz CT molecular complexity index is 792. The number of hydrogen-bond donors (Lipinski definition) is 1. The Kier molecular flexibility index (Phi) is 5.69. The standard InChI is InChI=1S/C17H17ClN6O/c18-15-6-4-13(5-7-15)14(11-24-12-21-22-23-24)9-17(25)20-10-16-3-1-2-8-19-16/h1-8,12,14H,9-11H2,(H,20,25)/t14-/m0/s1. The van der Waals surface area contributed by atoms with Gasteiger partial charge in [0.05, 0.1) is 18.8 Å². The molecule has 0 fully saturated rings. The van der Waals surface area contributed by atoms with Crippen LogP contribution in [0.15, 0.2) is 55.0 Å². The van der Waals surface area contributed by atoms with Gasteiger partial charge >= 0.3 is 0 Å². The van der Waals surface area contributed by atoms with Crippen molar-refractivity contribution in [1.82, 2.24) is 30.5 Å². The zero-order valence-corrected chi connectivity index (χ0v) is 14.2. The second-order valence-electron chi connectivity index (χ2n) is 5.58. The van der Waals surface area contributed by atoms with Crippen LogP contribution < -0.4 is 5.32 Å². The fourth-order valence-corrected chi connectivity index (χ4v) is 2.63. The summed E-state index contributed by atoms with van der Waals surface area (Å²) < 4.78 is 1.62. The summed E-state index contributed by atoms with van der Waals surface area (Å²) in [5, 5.41) is 14.7. The van der Waals surface area contributed by atoms with Crippen LogP contribution in [-0.2, 0) is 17.9 Å². The number of benzene rings is 1. The molecular formula is C17H17ClN6O. The van der Waals surface area contributed by atoms with E-state index in [0.29, 0.717) is 24.5 Å². The number of tetrazole rings is 1. The maximum absolute atomic E-state index is 12.4. The monoisotopic (exact) mass is 356 g/mol. The molecule has 128 valence electrons. The van der Waals surface area contributed by atoms with Gasteiger partial charge in [0.1, 0.15) is 6.33 Å². The number of hydrogen-bond acceptors (Lipinski definition) is 5. The van der Waals surface area contributed by atoms with Crippen LogP contribution >= 0.6 is 11.6 Å². The van der Waals surface area contributed by atoms with Gasteiger partial charge in [-0.3, -0.25) is 9.78 Å². The lowest BCUT2D eigenvalue weighted by Gasteiger charge is -2.17. The summed E-state index contributed by atoms with van der Waals surface area (Å²) in [4.78, 5) is 16.6. The molecule has 8 heteroatoms. The number of pyridine rings is 1. The first-order chi connectivity index (χ1) is 12.2. The van der Waals surface area contributed by atoms with E-state index >= 15 is 0 Å². The fraction of sp³-hybridized carbons (Fsp3) is 0.235. The number of carbonyl (C=O) groups is 1. The van der Waals surface area contributed by atoms with Gasteiger partial charge in [0.15, 0.2) is 0 Å². The molecular weight excluding hydrogens is 340 g/mol. The lowest BCUT2D eigenvalue weighted by Crippen LogP contribution is -2.26. The third-order valence-electron chi connectivity index (χ3n) is 3.76. The highest BCUT2D eigenvalue weighted by Crippen LogP contribution is 2.23. The van der Waals surface area contributed by atoms with E-state index in [-0.39, 0.29) is 11.8 Å². The predicted molar refractivity (Wildman–Crippen MR) is 92.7 cm³/mol. The SMILES string of the molecule is O=C(C[C@@H](Cn1cnnn1)c1ccc(Cl)cc1)NCc1ccccn1. The minimum atomic E-state index is -0.0653. The summed E-state index contributed by atoms with van der Waals surface area (Å²) >= 11 is 5.96. The molecule has 3 rings (SSSR count). The van der Waals surface area contributed by atoms with Gasteiger partial charge in [-0.05, 0) is 40.3 Å². The van der Waals surface area contributed by atoms with Crippen LogP contribution in [0.1, 0.15) is 23.6 Å². The topological polar surface area (TPSA) is 85.6 Å². The maximum atomic E-state index is 12.4. The van der Waals surface area contributed by atoms with E-state index < -0.39 is 0 Å². The largest absolute Gasteiger partial charge is 0.350 e. The molecule has 0 aliphatic rings. The first kappa shape index (κ1) is 17.0. The smallest absolute Gasteiger partial charge is 0.221 e. The molecule has 2 heterocycles. The average Bonchev–Trinajstić information content (AvgIpc) is 3.14. The zero-order valence-electron chi connectivity index (χ0n) is 13.4. The van der Waals surface area contributed by atoms with Crippen LogP contribution in [0.3, 0.4) is 0 Å². The first-order valence-corrected chi connectivity index (χ1v) is 8.21. The van der Waals surface area contributed by atoms with Crippen molar-refractivity contribution in [2.24, 2.45) is 0 Å². The molecule has 0 saturated carbocycles. The minimum Gasteiger partial charge on any atom is -0.350 e. The summed E-state index contributed by atoms with van der Waals surface area (Å²) in [7, 11) is 0. The molecule has 1 aromatic carbocycles. The van der Waals surface area contributed by atoms with Gasteiger partial charge in [-0.15, -0.1) is 5.10 Å². The van der Waals surface area contributed by atoms with Gasteiger partial charge in [-0.25, -0.2) is 4.68 Å². The number of nitrogens with one attached hydrogen (secondary N) is 1. The summed E-state index contributed by atoms with van der Waals surface area (Å²) in [6, 6.07) is 13.1.